The van der Waals surface area contributed by atoms with Crippen LogP contribution in [0.25, 0.3) is 0 Å². The zero-order valence-corrected chi connectivity index (χ0v) is 12.3. The molecular formula is C15H15F3N4O. The largest absolute Gasteiger partial charge is 0.419 e. The molecular weight excluding hydrogens is 309 g/mol. The summed E-state index contributed by atoms with van der Waals surface area (Å²) >= 11 is 0. The van der Waals surface area contributed by atoms with E-state index in [0.717, 1.165) is 11.6 Å². The van der Waals surface area contributed by atoms with Gasteiger partial charge in [-0.15, -0.1) is 0 Å². The Bertz CT molecular complexity index is 671. The molecule has 0 aliphatic heterocycles. The summed E-state index contributed by atoms with van der Waals surface area (Å²) in [6.45, 7) is 1.89. The fraction of sp³-hybridized carbons (Fsp3) is 0.267. The molecule has 2 aromatic rings. The van der Waals surface area contributed by atoms with Crippen molar-refractivity contribution in [3.05, 3.63) is 47.8 Å². The van der Waals surface area contributed by atoms with Gasteiger partial charge in [-0.1, -0.05) is 6.07 Å². The van der Waals surface area contributed by atoms with Gasteiger partial charge in [-0.3, -0.25) is 4.79 Å². The predicted octanol–water partition coefficient (Wildman–Crippen LogP) is 3.24. The molecule has 0 aliphatic carbocycles. The second-order valence-electron chi connectivity index (χ2n) is 4.84. The molecule has 0 bridgehead atoms. The number of aryl methyl sites for hydroxylation is 1. The second-order valence-corrected chi connectivity index (χ2v) is 4.84. The first-order chi connectivity index (χ1) is 10.9. The molecule has 5 nitrogen and oxygen atoms in total. The Hall–Kier alpha value is -2.64. The Labute approximate surface area is 131 Å². The number of amides is 1. The van der Waals surface area contributed by atoms with Crippen molar-refractivity contribution in [1.82, 2.24) is 9.97 Å². The minimum Gasteiger partial charge on any atom is -0.369 e. The molecule has 0 radical (unpaired) electrons. The van der Waals surface area contributed by atoms with Crippen LogP contribution in [0.15, 0.2) is 36.7 Å². The van der Waals surface area contributed by atoms with Gasteiger partial charge in [0.05, 0.1) is 5.56 Å². The maximum atomic E-state index is 12.8. The van der Waals surface area contributed by atoms with E-state index in [-0.39, 0.29) is 24.7 Å². The van der Waals surface area contributed by atoms with E-state index in [1.165, 1.54) is 12.3 Å². The van der Waals surface area contributed by atoms with Gasteiger partial charge in [0.1, 0.15) is 11.6 Å². The average Bonchev–Trinajstić information content (AvgIpc) is 2.49. The number of rotatable bonds is 5. The molecule has 0 fully saturated rings. The maximum Gasteiger partial charge on any atom is 0.419 e. The van der Waals surface area contributed by atoms with Gasteiger partial charge in [-0.05, 0) is 30.7 Å². The van der Waals surface area contributed by atoms with Crippen LogP contribution in [0.5, 0.6) is 0 Å². The van der Waals surface area contributed by atoms with Crippen LogP contribution in [0.4, 0.5) is 24.8 Å². The summed E-state index contributed by atoms with van der Waals surface area (Å²) in [6, 6.07) is 5.60. The molecule has 0 saturated carbocycles. The first kappa shape index (κ1) is 16.7. The van der Waals surface area contributed by atoms with E-state index in [1.807, 2.05) is 6.92 Å². The average molecular weight is 324 g/mol. The summed E-state index contributed by atoms with van der Waals surface area (Å²) in [5.74, 6) is -0.242. The van der Waals surface area contributed by atoms with Crippen LogP contribution in [0.2, 0.25) is 0 Å². The van der Waals surface area contributed by atoms with E-state index in [0.29, 0.717) is 5.82 Å². The lowest BCUT2D eigenvalue weighted by molar-refractivity contribution is -0.137. The monoisotopic (exact) mass is 324 g/mol. The molecule has 122 valence electrons. The smallest absolute Gasteiger partial charge is 0.369 e. The number of alkyl halides is 3. The SMILES string of the molecule is Cc1ccc(NC(=O)CCNc2ncccc2C(F)(F)F)nc1. The molecule has 2 heterocycles. The van der Waals surface area contributed by atoms with E-state index in [2.05, 4.69) is 20.6 Å². The predicted molar refractivity (Wildman–Crippen MR) is 79.9 cm³/mol. The summed E-state index contributed by atoms with van der Waals surface area (Å²) in [7, 11) is 0. The van der Waals surface area contributed by atoms with E-state index < -0.39 is 11.7 Å². The first-order valence-corrected chi connectivity index (χ1v) is 6.85. The molecule has 0 aliphatic rings. The minimum absolute atomic E-state index is 0.0105. The summed E-state index contributed by atoms with van der Waals surface area (Å²) in [5.41, 5.74) is 0.0973. The molecule has 2 rings (SSSR count). The van der Waals surface area contributed by atoms with Crippen molar-refractivity contribution in [1.29, 1.82) is 0 Å². The number of carbonyl (C=O) groups is 1. The molecule has 0 spiro atoms. The molecule has 1 amide bonds. The quantitative estimate of drug-likeness (QED) is 0.886. The second kappa shape index (κ2) is 7.08. The van der Waals surface area contributed by atoms with Crippen LogP contribution in [-0.4, -0.2) is 22.4 Å². The number of anilines is 2. The van der Waals surface area contributed by atoms with Crippen molar-refractivity contribution in [2.24, 2.45) is 0 Å². The fourth-order valence-electron chi connectivity index (χ4n) is 1.82. The third-order valence-corrected chi connectivity index (χ3v) is 2.94. The van der Waals surface area contributed by atoms with E-state index in [9.17, 15) is 18.0 Å². The van der Waals surface area contributed by atoms with Crippen LogP contribution >= 0.6 is 0 Å². The van der Waals surface area contributed by atoms with Gasteiger partial charge in [-0.2, -0.15) is 13.2 Å². The topological polar surface area (TPSA) is 66.9 Å². The zero-order chi connectivity index (χ0) is 16.9. The van der Waals surface area contributed by atoms with Gasteiger partial charge in [0.2, 0.25) is 5.91 Å². The van der Waals surface area contributed by atoms with E-state index >= 15 is 0 Å². The van der Waals surface area contributed by atoms with Crippen molar-refractivity contribution in [3.63, 3.8) is 0 Å². The first-order valence-electron chi connectivity index (χ1n) is 6.85. The van der Waals surface area contributed by atoms with E-state index in [1.54, 1.807) is 18.3 Å². The third kappa shape index (κ3) is 4.94. The van der Waals surface area contributed by atoms with Crippen LogP contribution in [-0.2, 0) is 11.0 Å². The van der Waals surface area contributed by atoms with Gasteiger partial charge >= 0.3 is 6.18 Å². The molecule has 23 heavy (non-hydrogen) atoms. The third-order valence-electron chi connectivity index (χ3n) is 2.94. The number of aromatic nitrogens is 2. The maximum absolute atomic E-state index is 12.8. The Morgan fingerprint density at radius 2 is 2.00 bits per heavy atom. The fourth-order valence-corrected chi connectivity index (χ4v) is 1.82. The van der Waals surface area contributed by atoms with Crippen molar-refractivity contribution in [2.75, 3.05) is 17.2 Å². The lowest BCUT2D eigenvalue weighted by Gasteiger charge is -2.13. The van der Waals surface area contributed by atoms with Crippen LogP contribution < -0.4 is 10.6 Å². The lowest BCUT2D eigenvalue weighted by Crippen LogP contribution is -2.19. The van der Waals surface area contributed by atoms with E-state index in [4.69, 9.17) is 0 Å². The summed E-state index contributed by atoms with van der Waals surface area (Å²) in [6.07, 6.45) is -1.64. The van der Waals surface area contributed by atoms with Crippen molar-refractivity contribution >= 4 is 17.5 Å². The Morgan fingerprint density at radius 3 is 2.65 bits per heavy atom. The molecule has 0 atom stereocenters. The van der Waals surface area contributed by atoms with Crippen LogP contribution in [0.1, 0.15) is 17.5 Å². The molecule has 2 N–H and O–H groups in total. The van der Waals surface area contributed by atoms with Gasteiger partial charge in [-0.25, -0.2) is 9.97 Å². The Kier molecular flexibility index (Phi) is 5.15. The van der Waals surface area contributed by atoms with Crippen molar-refractivity contribution in [2.45, 2.75) is 19.5 Å². The minimum atomic E-state index is -4.50. The number of pyridine rings is 2. The highest BCUT2D eigenvalue weighted by molar-refractivity contribution is 5.90. The van der Waals surface area contributed by atoms with Crippen molar-refractivity contribution in [3.8, 4) is 0 Å². The highest BCUT2D eigenvalue weighted by Gasteiger charge is 2.33. The van der Waals surface area contributed by atoms with Crippen molar-refractivity contribution < 1.29 is 18.0 Å². The summed E-state index contributed by atoms with van der Waals surface area (Å²) in [5, 5.41) is 5.10. The van der Waals surface area contributed by atoms with Gasteiger partial charge in [0, 0.05) is 25.4 Å². The van der Waals surface area contributed by atoms with Gasteiger partial charge < -0.3 is 10.6 Å². The normalized spacial score (nSPS) is 11.1. The standard InChI is InChI=1S/C15H15F3N4O/c1-10-4-5-12(21-9-10)22-13(23)6-8-20-14-11(15(16,17)18)3-2-7-19-14/h2-5,7,9H,6,8H2,1H3,(H,19,20)(H,21,22,23). The number of nitrogens with one attached hydrogen (secondary N) is 2. The summed E-state index contributed by atoms with van der Waals surface area (Å²) < 4.78 is 38.4. The lowest BCUT2D eigenvalue weighted by atomic mass is 10.2. The molecule has 2 aromatic heterocycles. The number of hydrogen-bond acceptors (Lipinski definition) is 4. The zero-order valence-electron chi connectivity index (χ0n) is 12.3. The Balaban J connectivity index is 1.88. The van der Waals surface area contributed by atoms with Crippen LogP contribution in [0.3, 0.4) is 0 Å². The summed E-state index contributed by atoms with van der Waals surface area (Å²) in [4.78, 5) is 19.4. The number of nitrogens with zero attached hydrogens (tertiary/aromatic N) is 2. The number of carbonyl (C=O) groups excluding carboxylic acids is 1. The van der Waals surface area contributed by atoms with Gasteiger partial charge in [0.15, 0.2) is 0 Å². The molecule has 0 unspecified atom stereocenters. The molecule has 8 heteroatoms. The number of halogens is 3. The Morgan fingerprint density at radius 1 is 1.22 bits per heavy atom. The van der Waals surface area contributed by atoms with Gasteiger partial charge in [0.25, 0.3) is 0 Å². The molecule has 0 saturated heterocycles. The van der Waals surface area contributed by atoms with Crippen LogP contribution in [0, 0.1) is 6.92 Å². The number of hydrogen-bond donors (Lipinski definition) is 2. The highest BCUT2D eigenvalue weighted by atomic mass is 19.4. The highest BCUT2D eigenvalue weighted by Crippen LogP contribution is 2.33. The molecule has 0 aromatic carbocycles.